The van der Waals surface area contributed by atoms with Gasteiger partial charge in [0.2, 0.25) is 11.9 Å². The molecule has 2 heterocycles. The van der Waals surface area contributed by atoms with Crippen molar-refractivity contribution in [2.75, 3.05) is 29.0 Å². The first-order chi connectivity index (χ1) is 15.6. The van der Waals surface area contributed by atoms with E-state index in [0.717, 1.165) is 36.4 Å². The molecular weight excluding hydrogens is 469 g/mol. The van der Waals surface area contributed by atoms with Crippen LogP contribution in [0.25, 0.3) is 10.9 Å². The van der Waals surface area contributed by atoms with Gasteiger partial charge >= 0.3 is 6.18 Å². The Kier molecular flexibility index (Phi) is 7.40. The smallest absolute Gasteiger partial charge is 0.398 e. The molecule has 0 saturated carbocycles. The molecule has 1 aliphatic rings. The molecule has 1 unspecified atom stereocenters. The molecule has 1 atom stereocenters. The number of nitrogens with two attached hydrogens (primary N) is 1. The van der Waals surface area contributed by atoms with E-state index >= 15 is 0 Å². The zero-order valence-electron chi connectivity index (χ0n) is 18.7. The van der Waals surface area contributed by atoms with Crippen LogP contribution in [-0.2, 0) is 11.0 Å². The van der Waals surface area contributed by atoms with Crippen molar-refractivity contribution >= 4 is 52.4 Å². The highest BCUT2D eigenvalue weighted by Crippen LogP contribution is 2.36. The van der Waals surface area contributed by atoms with Gasteiger partial charge in [-0.05, 0) is 49.6 Å². The molecule has 0 radical (unpaired) electrons. The molecule has 4 rings (SSSR count). The first-order valence-electron chi connectivity index (χ1n) is 10.6. The third-order valence-corrected chi connectivity index (χ3v) is 5.65. The van der Waals surface area contributed by atoms with Crippen LogP contribution in [-0.4, -0.2) is 35.0 Å². The molecule has 1 aliphatic heterocycles. The summed E-state index contributed by atoms with van der Waals surface area (Å²) in [5, 5.41) is 6.72. The summed E-state index contributed by atoms with van der Waals surface area (Å²) >= 11 is 0. The number of piperidine rings is 1. The van der Waals surface area contributed by atoms with Crippen molar-refractivity contribution in [3.8, 4) is 0 Å². The van der Waals surface area contributed by atoms with Crippen LogP contribution in [0.5, 0.6) is 0 Å². The van der Waals surface area contributed by atoms with Crippen molar-refractivity contribution in [1.29, 1.82) is 0 Å². The molecule has 1 saturated heterocycles. The number of nitrogen functional groups attached to an aromatic ring is 1. The molecule has 34 heavy (non-hydrogen) atoms. The second kappa shape index (κ2) is 9.92. The number of amides is 1. The molecule has 1 fully saturated rings. The Bertz CT molecular complexity index is 1200. The summed E-state index contributed by atoms with van der Waals surface area (Å²) in [7, 11) is 0. The van der Waals surface area contributed by atoms with E-state index in [1.165, 1.54) is 19.1 Å². The van der Waals surface area contributed by atoms with Crippen molar-refractivity contribution in [1.82, 2.24) is 15.3 Å². The molecule has 182 valence electrons. The number of fused-ring (bicyclic) bond motifs is 1. The van der Waals surface area contributed by atoms with Crippen LogP contribution in [0.4, 0.5) is 36.3 Å². The Morgan fingerprint density at radius 3 is 2.68 bits per heavy atom. The number of hydrogen-bond acceptors (Lipinski definition) is 6. The molecule has 3 aromatic rings. The minimum atomic E-state index is -4.57. The van der Waals surface area contributed by atoms with Gasteiger partial charge in [-0.3, -0.25) is 4.79 Å². The number of carbonyl (C=O) groups excluding carboxylic acids is 1. The van der Waals surface area contributed by atoms with Gasteiger partial charge in [0, 0.05) is 42.8 Å². The molecule has 0 bridgehead atoms. The van der Waals surface area contributed by atoms with E-state index in [1.807, 2.05) is 25.1 Å². The van der Waals surface area contributed by atoms with Crippen molar-refractivity contribution < 1.29 is 18.0 Å². The average Bonchev–Trinajstić information content (AvgIpc) is 2.74. The van der Waals surface area contributed by atoms with Crippen molar-refractivity contribution in [2.24, 2.45) is 0 Å². The quantitative estimate of drug-likeness (QED) is 0.450. The largest absolute Gasteiger partial charge is 0.418 e. The SMILES string of the molecule is CC(=O)NC1CCCN(c2nc(Nc3ccc(N)c(C(F)(F)F)c3)nc3c(C)cccc23)C1.Cl. The van der Waals surface area contributed by atoms with E-state index in [4.69, 9.17) is 5.73 Å². The van der Waals surface area contributed by atoms with Crippen LogP contribution in [0.1, 0.15) is 30.9 Å². The van der Waals surface area contributed by atoms with Gasteiger partial charge in [-0.25, -0.2) is 4.98 Å². The van der Waals surface area contributed by atoms with Gasteiger partial charge in [0.1, 0.15) is 5.82 Å². The third-order valence-electron chi connectivity index (χ3n) is 5.65. The maximum atomic E-state index is 13.3. The maximum Gasteiger partial charge on any atom is 0.418 e. The fourth-order valence-corrected chi connectivity index (χ4v) is 4.16. The van der Waals surface area contributed by atoms with Gasteiger partial charge in [-0.2, -0.15) is 18.2 Å². The standard InChI is InChI=1S/C23H25F3N6O.ClH/c1-13-5-3-7-17-20(13)30-22(29-15-8-9-19(27)18(11-15)23(24,25)26)31-21(17)32-10-4-6-16(12-32)28-14(2)33;/h3,5,7-9,11,16H,4,6,10,12,27H2,1-2H3,(H,28,33)(H,29,30,31);1H. The highest BCUT2D eigenvalue weighted by Gasteiger charge is 2.33. The van der Waals surface area contributed by atoms with Crippen molar-refractivity contribution in [2.45, 2.75) is 38.9 Å². The lowest BCUT2D eigenvalue weighted by Crippen LogP contribution is -2.47. The van der Waals surface area contributed by atoms with Gasteiger partial charge in [0.05, 0.1) is 11.1 Å². The van der Waals surface area contributed by atoms with Gasteiger partial charge in [-0.1, -0.05) is 12.1 Å². The van der Waals surface area contributed by atoms with Crippen LogP contribution >= 0.6 is 12.4 Å². The lowest BCUT2D eigenvalue weighted by molar-refractivity contribution is -0.136. The fraction of sp³-hybridized carbons (Fsp3) is 0.348. The highest BCUT2D eigenvalue weighted by molar-refractivity contribution is 5.93. The van der Waals surface area contributed by atoms with Crippen LogP contribution in [0.15, 0.2) is 36.4 Å². The highest BCUT2D eigenvalue weighted by atomic mass is 35.5. The Morgan fingerprint density at radius 2 is 1.97 bits per heavy atom. The topological polar surface area (TPSA) is 96.2 Å². The number of halogens is 4. The van der Waals surface area contributed by atoms with Gasteiger partial charge in [0.15, 0.2) is 0 Å². The number of anilines is 4. The number of nitrogens with zero attached hydrogens (tertiary/aromatic N) is 3. The molecule has 0 aliphatic carbocycles. The summed E-state index contributed by atoms with van der Waals surface area (Å²) in [6, 6.07) is 9.38. The number of alkyl halides is 3. The van der Waals surface area contributed by atoms with Crippen LogP contribution in [0.3, 0.4) is 0 Å². The minimum Gasteiger partial charge on any atom is -0.398 e. The molecular formula is C23H26ClF3N6O. The third kappa shape index (κ3) is 5.44. The number of benzene rings is 2. The second-order valence-corrected chi connectivity index (χ2v) is 8.25. The van der Waals surface area contributed by atoms with Gasteiger partial charge in [-0.15, -0.1) is 12.4 Å². The summed E-state index contributed by atoms with van der Waals surface area (Å²) in [6.45, 7) is 4.74. The first-order valence-corrected chi connectivity index (χ1v) is 10.6. The summed E-state index contributed by atoms with van der Waals surface area (Å²) in [5.74, 6) is 0.774. The number of carbonyl (C=O) groups is 1. The molecule has 11 heteroatoms. The number of nitrogens with one attached hydrogen (secondary N) is 2. The Balaban J connectivity index is 0.00000324. The van der Waals surface area contributed by atoms with Crippen molar-refractivity contribution in [3.05, 3.63) is 47.5 Å². The van der Waals surface area contributed by atoms with Gasteiger partial charge in [0.25, 0.3) is 0 Å². The monoisotopic (exact) mass is 494 g/mol. The van der Waals surface area contributed by atoms with E-state index in [1.54, 1.807) is 0 Å². The zero-order valence-corrected chi connectivity index (χ0v) is 19.6. The molecule has 0 spiro atoms. The normalized spacial score (nSPS) is 16.1. The van der Waals surface area contributed by atoms with Crippen LogP contribution in [0, 0.1) is 6.92 Å². The summed E-state index contributed by atoms with van der Waals surface area (Å²) < 4.78 is 39.9. The van der Waals surface area contributed by atoms with E-state index in [0.29, 0.717) is 17.9 Å². The summed E-state index contributed by atoms with van der Waals surface area (Å²) in [6.07, 6.45) is -2.83. The predicted molar refractivity (Wildman–Crippen MR) is 130 cm³/mol. The molecule has 7 nitrogen and oxygen atoms in total. The van der Waals surface area contributed by atoms with Crippen molar-refractivity contribution in [3.63, 3.8) is 0 Å². The van der Waals surface area contributed by atoms with Crippen LogP contribution in [0.2, 0.25) is 0 Å². The summed E-state index contributed by atoms with van der Waals surface area (Å²) in [4.78, 5) is 22.9. The molecule has 2 aromatic carbocycles. The number of rotatable bonds is 4. The predicted octanol–water partition coefficient (Wildman–Crippen LogP) is 4.81. The lowest BCUT2D eigenvalue weighted by atomic mass is 10.0. The number of aryl methyl sites for hydroxylation is 1. The fourth-order valence-electron chi connectivity index (χ4n) is 4.16. The van der Waals surface area contributed by atoms with Crippen LogP contribution < -0.4 is 21.3 Å². The number of para-hydroxylation sites is 1. The van der Waals surface area contributed by atoms with Gasteiger partial charge < -0.3 is 21.3 Å². The van der Waals surface area contributed by atoms with E-state index in [9.17, 15) is 18.0 Å². The molecule has 1 amide bonds. The lowest BCUT2D eigenvalue weighted by Gasteiger charge is -2.34. The molecule has 4 N–H and O–H groups in total. The second-order valence-electron chi connectivity index (χ2n) is 8.25. The average molecular weight is 495 g/mol. The first kappa shape index (κ1) is 25.4. The zero-order chi connectivity index (χ0) is 23.8. The Hall–Kier alpha value is -3.27. The number of aromatic nitrogens is 2. The van der Waals surface area contributed by atoms with E-state index < -0.39 is 11.7 Å². The molecule has 1 aromatic heterocycles. The maximum absolute atomic E-state index is 13.3. The Labute approximate surface area is 201 Å². The van der Waals surface area contributed by atoms with E-state index in [-0.39, 0.29) is 41.7 Å². The number of hydrogen-bond donors (Lipinski definition) is 3. The Morgan fingerprint density at radius 1 is 1.21 bits per heavy atom. The minimum absolute atomic E-state index is 0. The van der Waals surface area contributed by atoms with E-state index in [2.05, 4.69) is 25.5 Å². The summed E-state index contributed by atoms with van der Waals surface area (Å²) in [5.41, 5.74) is 6.06.